The van der Waals surface area contributed by atoms with Crippen molar-refractivity contribution in [3.8, 4) is 0 Å². The highest BCUT2D eigenvalue weighted by molar-refractivity contribution is 5.65. The molecule has 0 radical (unpaired) electrons. The predicted octanol–water partition coefficient (Wildman–Crippen LogP) is 3.13. The van der Waals surface area contributed by atoms with Crippen LogP contribution in [0.25, 0.3) is 0 Å². The molecule has 0 saturated heterocycles. The van der Waals surface area contributed by atoms with Crippen molar-refractivity contribution in [2.45, 2.75) is 26.2 Å². The van der Waals surface area contributed by atoms with Crippen LogP contribution in [-0.2, 0) is 4.74 Å². The molecule has 1 N–H and O–H groups in total. The van der Waals surface area contributed by atoms with Gasteiger partial charge in [-0.25, -0.2) is 0 Å². The second-order valence-corrected chi connectivity index (χ2v) is 4.21. The second kappa shape index (κ2) is 7.66. The number of aryl methyl sites for hydroxylation is 1. The van der Waals surface area contributed by atoms with Crippen LogP contribution in [0.3, 0.4) is 0 Å². The Bertz CT molecular complexity index is 394. The van der Waals surface area contributed by atoms with E-state index in [-0.39, 0.29) is 10.6 Å². The van der Waals surface area contributed by atoms with Crippen molar-refractivity contribution in [3.63, 3.8) is 0 Å². The van der Waals surface area contributed by atoms with Gasteiger partial charge in [0.05, 0.1) is 4.92 Å². The Balaban J connectivity index is 2.48. The summed E-state index contributed by atoms with van der Waals surface area (Å²) in [4.78, 5) is 10.6. The average Bonchev–Trinajstić information content (AvgIpc) is 2.34. The molecule has 0 amide bonds. The van der Waals surface area contributed by atoms with Gasteiger partial charge >= 0.3 is 0 Å². The Hall–Kier alpha value is -1.62. The molecule has 0 aromatic heterocycles. The van der Waals surface area contributed by atoms with E-state index in [1.165, 1.54) is 6.07 Å². The van der Waals surface area contributed by atoms with Gasteiger partial charge in [-0.3, -0.25) is 10.1 Å². The Kier molecular flexibility index (Phi) is 6.14. The minimum absolute atomic E-state index is 0.145. The van der Waals surface area contributed by atoms with Crippen LogP contribution in [-0.4, -0.2) is 25.2 Å². The average molecular weight is 252 g/mol. The number of anilines is 1. The number of hydrogen-bond donors (Lipinski definition) is 1. The van der Waals surface area contributed by atoms with Gasteiger partial charge in [-0.15, -0.1) is 0 Å². The van der Waals surface area contributed by atoms with Gasteiger partial charge in [-0.2, -0.15) is 0 Å². The number of nitrogens with one attached hydrogen (secondary N) is 1. The van der Waals surface area contributed by atoms with E-state index in [2.05, 4.69) is 5.32 Å². The van der Waals surface area contributed by atoms with E-state index in [0.717, 1.165) is 38.0 Å². The molecular formula is C13H20N2O3. The Morgan fingerprint density at radius 1 is 1.33 bits per heavy atom. The monoisotopic (exact) mass is 252 g/mol. The van der Waals surface area contributed by atoms with Crippen LogP contribution in [0.2, 0.25) is 0 Å². The van der Waals surface area contributed by atoms with Gasteiger partial charge < -0.3 is 10.1 Å². The molecule has 0 aliphatic carbocycles. The third-order valence-corrected chi connectivity index (χ3v) is 2.77. The number of hydrogen-bond acceptors (Lipinski definition) is 4. The van der Waals surface area contributed by atoms with Gasteiger partial charge in [-0.05, 0) is 31.7 Å². The smallest absolute Gasteiger partial charge is 0.292 e. The quantitative estimate of drug-likeness (QED) is 0.438. The maximum atomic E-state index is 10.9. The zero-order chi connectivity index (χ0) is 13.4. The summed E-state index contributed by atoms with van der Waals surface area (Å²) in [5.74, 6) is 0. The minimum Gasteiger partial charge on any atom is -0.385 e. The van der Waals surface area contributed by atoms with Gasteiger partial charge in [0.2, 0.25) is 0 Å². The molecule has 18 heavy (non-hydrogen) atoms. The largest absolute Gasteiger partial charge is 0.385 e. The predicted molar refractivity (Wildman–Crippen MR) is 72.1 cm³/mol. The van der Waals surface area contributed by atoms with E-state index < -0.39 is 0 Å². The van der Waals surface area contributed by atoms with E-state index >= 15 is 0 Å². The highest BCUT2D eigenvalue weighted by atomic mass is 16.6. The molecule has 5 nitrogen and oxygen atoms in total. The highest BCUT2D eigenvalue weighted by Gasteiger charge is 2.14. The zero-order valence-corrected chi connectivity index (χ0v) is 10.9. The van der Waals surface area contributed by atoms with Crippen LogP contribution in [0.5, 0.6) is 0 Å². The Labute approximate surface area is 107 Å². The lowest BCUT2D eigenvalue weighted by atomic mass is 10.1. The molecular weight excluding hydrogens is 232 g/mol. The van der Waals surface area contributed by atoms with E-state index in [9.17, 15) is 10.1 Å². The third kappa shape index (κ3) is 4.33. The number of nitrogens with zero attached hydrogens (tertiary/aromatic N) is 1. The molecule has 1 rings (SSSR count). The van der Waals surface area contributed by atoms with Crippen molar-refractivity contribution in [1.29, 1.82) is 0 Å². The third-order valence-electron chi connectivity index (χ3n) is 2.77. The molecule has 1 aromatic carbocycles. The molecule has 0 spiro atoms. The summed E-state index contributed by atoms with van der Waals surface area (Å²) < 4.78 is 4.97. The normalized spacial score (nSPS) is 10.3. The Morgan fingerprint density at radius 2 is 2.11 bits per heavy atom. The molecule has 0 heterocycles. The van der Waals surface area contributed by atoms with E-state index in [4.69, 9.17) is 4.74 Å². The number of para-hydroxylation sites is 1. The number of unbranched alkanes of at least 4 members (excludes halogenated alkanes) is 2. The first-order valence-electron chi connectivity index (χ1n) is 6.13. The zero-order valence-electron chi connectivity index (χ0n) is 10.9. The first-order valence-corrected chi connectivity index (χ1v) is 6.13. The van der Waals surface area contributed by atoms with E-state index in [0.29, 0.717) is 5.69 Å². The lowest BCUT2D eigenvalue weighted by Crippen LogP contribution is -2.06. The van der Waals surface area contributed by atoms with Gasteiger partial charge in [0, 0.05) is 26.3 Å². The maximum Gasteiger partial charge on any atom is 0.292 e. The van der Waals surface area contributed by atoms with Crippen molar-refractivity contribution in [2.24, 2.45) is 0 Å². The van der Waals surface area contributed by atoms with Crippen LogP contribution < -0.4 is 5.32 Å². The molecule has 0 fully saturated rings. The molecule has 0 saturated carbocycles. The van der Waals surface area contributed by atoms with Gasteiger partial charge in [0.15, 0.2) is 0 Å². The molecule has 100 valence electrons. The number of ether oxygens (including phenoxy) is 1. The van der Waals surface area contributed by atoms with Gasteiger partial charge in [0.25, 0.3) is 5.69 Å². The molecule has 0 bridgehead atoms. The maximum absolute atomic E-state index is 10.9. The molecule has 1 aromatic rings. The molecule has 0 atom stereocenters. The molecule has 0 aliphatic heterocycles. The number of benzene rings is 1. The molecule has 5 heteroatoms. The Morgan fingerprint density at radius 3 is 2.78 bits per heavy atom. The highest BCUT2D eigenvalue weighted by Crippen LogP contribution is 2.27. The van der Waals surface area contributed by atoms with E-state index in [1.807, 2.05) is 13.0 Å². The summed E-state index contributed by atoms with van der Waals surface area (Å²) >= 11 is 0. The summed E-state index contributed by atoms with van der Waals surface area (Å²) in [6, 6.07) is 5.11. The van der Waals surface area contributed by atoms with Crippen LogP contribution in [0.1, 0.15) is 24.8 Å². The lowest BCUT2D eigenvalue weighted by molar-refractivity contribution is -0.384. The first kappa shape index (κ1) is 14.4. The number of nitro groups is 1. The summed E-state index contributed by atoms with van der Waals surface area (Å²) in [7, 11) is 1.69. The summed E-state index contributed by atoms with van der Waals surface area (Å²) in [6.07, 6.45) is 3.06. The van der Waals surface area contributed by atoms with E-state index in [1.54, 1.807) is 13.2 Å². The number of rotatable bonds is 8. The first-order chi connectivity index (χ1) is 8.66. The van der Waals surface area contributed by atoms with Crippen LogP contribution in [0.15, 0.2) is 18.2 Å². The fourth-order valence-electron chi connectivity index (χ4n) is 1.80. The topological polar surface area (TPSA) is 64.4 Å². The van der Waals surface area contributed by atoms with Crippen molar-refractivity contribution in [1.82, 2.24) is 0 Å². The van der Waals surface area contributed by atoms with Crippen molar-refractivity contribution >= 4 is 11.4 Å². The molecule has 0 aliphatic rings. The fraction of sp³-hybridized carbons (Fsp3) is 0.538. The number of nitro benzene ring substituents is 1. The van der Waals surface area contributed by atoms with Gasteiger partial charge in [0.1, 0.15) is 5.69 Å². The van der Waals surface area contributed by atoms with Crippen LogP contribution in [0, 0.1) is 17.0 Å². The summed E-state index contributed by atoms with van der Waals surface area (Å²) in [6.45, 7) is 3.39. The lowest BCUT2D eigenvalue weighted by Gasteiger charge is -2.09. The summed E-state index contributed by atoms with van der Waals surface area (Å²) in [5.41, 5.74) is 1.68. The van der Waals surface area contributed by atoms with Crippen molar-refractivity contribution in [2.75, 3.05) is 25.6 Å². The van der Waals surface area contributed by atoms with Crippen LogP contribution >= 0.6 is 0 Å². The molecule has 0 unspecified atom stereocenters. The standard InChI is InChI=1S/C13H20N2O3/c1-11-7-6-8-12(15(16)17)13(11)14-9-4-3-5-10-18-2/h6-8,14H,3-5,9-10H2,1-2H3. The second-order valence-electron chi connectivity index (χ2n) is 4.21. The minimum atomic E-state index is -0.347. The van der Waals surface area contributed by atoms with Gasteiger partial charge in [-0.1, -0.05) is 12.1 Å². The van der Waals surface area contributed by atoms with Crippen molar-refractivity contribution in [3.05, 3.63) is 33.9 Å². The fourth-order valence-corrected chi connectivity index (χ4v) is 1.80. The SMILES string of the molecule is COCCCCCNc1c(C)cccc1[N+](=O)[O-]. The summed E-state index contributed by atoms with van der Waals surface area (Å²) in [5, 5.41) is 14.1. The van der Waals surface area contributed by atoms with Crippen LogP contribution in [0.4, 0.5) is 11.4 Å². The van der Waals surface area contributed by atoms with Crippen molar-refractivity contribution < 1.29 is 9.66 Å². The number of methoxy groups -OCH3 is 1.